The number of amides is 2. The van der Waals surface area contributed by atoms with E-state index in [4.69, 9.17) is 4.74 Å². The molecule has 0 aliphatic carbocycles. The number of methoxy groups -OCH3 is 1. The number of carbonyl (C=O) groups is 2. The van der Waals surface area contributed by atoms with Gasteiger partial charge in [0.1, 0.15) is 11.4 Å². The zero-order valence-corrected chi connectivity index (χ0v) is 16.2. The molecule has 0 fully saturated rings. The van der Waals surface area contributed by atoms with Gasteiger partial charge in [0.2, 0.25) is 0 Å². The third kappa shape index (κ3) is 3.50. The van der Waals surface area contributed by atoms with E-state index in [1.54, 1.807) is 55.6 Å². The van der Waals surface area contributed by atoms with Crippen molar-refractivity contribution in [3.8, 4) is 5.75 Å². The zero-order chi connectivity index (χ0) is 20.4. The summed E-state index contributed by atoms with van der Waals surface area (Å²) < 4.78 is 5.21. The third-order valence-electron chi connectivity index (χ3n) is 4.80. The molecule has 0 bridgehead atoms. The number of nitrogens with one attached hydrogen (secondary N) is 1. The number of carbonyl (C=O) groups excluding carboxylic acids is 2. The van der Waals surface area contributed by atoms with E-state index >= 15 is 0 Å². The minimum atomic E-state index is -0.382. The first-order valence-electron chi connectivity index (χ1n) is 9.24. The predicted octanol–water partition coefficient (Wildman–Crippen LogP) is 4.40. The summed E-state index contributed by atoms with van der Waals surface area (Å²) in [6.07, 6.45) is 0. The van der Waals surface area contributed by atoms with Gasteiger partial charge in [0.15, 0.2) is 0 Å². The number of nitrogens with zero attached hydrogens (tertiary/aromatic N) is 1. The number of para-hydroxylation sites is 1. The Kier molecular flexibility index (Phi) is 4.87. The lowest BCUT2D eigenvalue weighted by Crippen LogP contribution is -2.32. The summed E-state index contributed by atoms with van der Waals surface area (Å²) in [6, 6.07) is 23.7. The summed E-state index contributed by atoms with van der Waals surface area (Å²) >= 11 is 0. The van der Waals surface area contributed by atoms with Crippen LogP contribution in [0.15, 0.2) is 84.6 Å². The molecule has 3 aromatic carbocycles. The maximum absolute atomic E-state index is 13.3. The number of hydrogen-bond donors (Lipinski definition) is 1. The maximum atomic E-state index is 13.3. The van der Waals surface area contributed by atoms with Crippen LogP contribution in [0.5, 0.6) is 5.75 Å². The molecule has 1 heterocycles. The van der Waals surface area contributed by atoms with Gasteiger partial charge in [-0.1, -0.05) is 48.0 Å². The van der Waals surface area contributed by atoms with Crippen molar-refractivity contribution in [2.24, 2.45) is 0 Å². The van der Waals surface area contributed by atoms with E-state index in [1.807, 2.05) is 37.3 Å². The fraction of sp³-hybridized carbons (Fsp3) is 0.0833. The van der Waals surface area contributed by atoms with Crippen molar-refractivity contribution in [2.75, 3.05) is 17.3 Å². The van der Waals surface area contributed by atoms with Gasteiger partial charge in [0, 0.05) is 5.69 Å². The average Bonchev–Trinajstić information content (AvgIpc) is 3.00. The highest BCUT2D eigenvalue weighted by Crippen LogP contribution is 2.34. The Morgan fingerprint density at radius 1 is 0.793 bits per heavy atom. The van der Waals surface area contributed by atoms with E-state index in [1.165, 1.54) is 4.90 Å². The highest BCUT2D eigenvalue weighted by molar-refractivity contribution is 6.46. The first kappa shape index (κ1) is 18.5. The predicted molar refractivity (Wildman–Crippen MR) is 114 cm³/mol. The molecule has 3 aromatic rings. The van der Waals surface area contributed by atoms with Gasteiger partial charge in [-0.05, 0) is 48.9 Å². The number of aryl methyl sites for hydroxylation is 1. The van der Waals surface area contributed by atoms with Crippen LogP contribution in [0.4, 0.5) is 11.4 Å². The summed E-state index contributed by atoms with van der Waals surface area (Å²) in [5, 5.41) is 3.16. The quantitative estimate of drug-likeness (QED) is 0.663. The molecule has 0 unspecified atom stereocenters. The molecule has 5 heteroatoms. The van der Waals surface area contributed by atoms with E-state index in [9.17, 15) is 9.59 Å². The van der Waals surface area contributed by atoms with Gasteiger partial charge >= 0.3 is 0 Å². The molecule has 2 amide bonds. The zero-order valence-electron chi connectivity index (χ0n) is 16.2. The van der Waals surface area contributed by atoms with Crippen molar-refractivity contribution < 1.29 is 14.3 Å². The fourth-order valence-corrected chi connectivity index (χ4v) is 3.26. The molecule has 4 rings (SSSR count). The lowest BCUT2D eigenvalue weighted by molar-refractivity contribution is -0.120. The van der Waals surface area contributed by atoms with E-state index < -0.39 is 0 Å². The molecule has 0 saturated carbocycles. The van der Waals surface area contributed by atoms with Crippen LogP contribution in [0.25, 0.3) is 5.57 Å². The Bertz CT molecular complexity index is 1090. The number of anilines is 2. The van der Waals surface area contributed by atoms with Crippen molar-refractivity contribution in [1.29, 1.82) is 0 Å². The van der Waals surface area contributed by atoms with Crippen LogP contribution in [-0.4, -0.2) is 18.9 Å². The van der Waals surface area contributed by atoms with Crippen LogP contribution in [-0.2, 0) is 9.59 Å². The Labute approximate surface area is 169 Å². The SMILES string of the molecule is COc1ccc(C2=C(Nc3ccc(C)cc3)C(=O)N(c3ccccc3)C2=O)cc1. The molecule has 5 nitrogen and oxygen atoms in total. The molecule has 29 heavy (non-hydrogen) atoms. The van der Waals surface area contributed by atoms with Crippen LogP contribution in [0.3, 0.4) is 0 Å². The average molecular weight is 384 g/mol. The Hall–Kier alpha value is -3.86. The van der Waals surface area contributed by atoms with Crippen molar-refractivity contribution in [3.05, 3.63) is 95.7 Å². The van der Waals surface area contributed by atoms with Gasteiger partial charge in [-0.2, -0.15) is 0 Å². The molecule has 1 aliphatic rings. The first-order valence-corrected chi connectivity index (χ1v) is 9.24. The van der Waals surface area contributed by atoms with Crippen LogP contribution < -0.4 is 15.0 Å². The second kappa shape index (κ2) is 7.64. The van der Waals surface area contributed by atoms with Crippen molar-refractivity contribution in [1.82, 2.24) is 0 Å². The number of ether oxygens (including phenoxy) is 1. The molecular formula is C24H20N2O3. The van der Waals surface area contributed by atoms with Gasteiger partial charge in [-0.25, -0.2) is 4.90 Å². The molecule has 0 radical (unpaired) electrons. The normalized spacial score (nSPS) is 13.8. The number of benzene rings is 3. The van der Waals surface area contributed by atoms with Gasteiger partial charge in [-0.3, -0.25) is 9.59 Å². The lowest BCUT2D eigenvalue weighted by atomic mass is 10.0. The second-order valence-corrected chi connectivity index (χ2v) is 6.75. The standard InChI is InChI=1S/C24H20N2O3/c1-16-8-12-18(13-9-16)25-22-21(17-10-14-20(29-2)15-11-17)23(27)26(24(22)28)19-6-4-3-5-7-19/h3-15,25H,1-2H3. The van der Waals surface area contributed by atoms with Gasteiger partial charge in [-0.15, -0.1) is 0 Å². The summed E-state index contributed by atoms with van der Waals surface area (Å²) in [7, 11) is 1.58. The molecule has 0 atom stereocenters. The minimum absolute atomic E-state index is 0.257. The monoisotopic (exact) mass is 384 g/mol. The molecule has 1 N–H and O–H groups in total. The smallest absolute Gasteiger partial charge is 0.282 e. The highest BCUT2D eigenvalue weighted by atomic mass is 16.5. The number of hydrogen-bond acceptors (Lipinski definition) is 4. The Balaban J connectivity index is 1.80. The van der Waals surface area contributed by atoms with Crippen molar-refractivity contribution >= 4 is 28.8 Å². The van der Waals surface area contributed by atoms with E-state index in [2.05, 4.69) is 5.32 Å². The van der Waals surface area contributed by atoms with Gasteiger partial charge in [0.25, 0.3) is 11.8 Å². The second-order valence-electron chi connectivity index (χ2n) is 6.75. The van der Waals surface area contributed by atoms with E-state index in [0.29, 0.717) is 22.6 Å². The van der Waals surface area contributed by atoms with Gasteiger partial charge in [0.05, 0.1) is 18.4 Å². The Morgan fingerprint density at radius 3 is 2.07 bits per heavy atom. The van der Waals surface area contributed by atoms with E-state index in [0.717, 1.165) is 11.3 Å². The van der Waals surface area contributed by atoms with Crippen LogP contribution in [0, 0.1) is 6.92 Å². The topological polar surface area (TPSA) is 58.6 Å². The summed E-state index contributed by atoms with van der Waals surface area (Å²) in [5.41, 5.74) is 3.63. The van der Waals surface area contributed by atoms with Crippen LogP contribution >= 0.6 is 0 Å². The molecule has 0 saturated heterocycles. The molecule has 0 spiro atoms. The fourth-order valence-electron chi connectivity index (χ4n) is 3.26. The van der Waals surface area contributed by atoms with Crippen LogP contribution in [0.1, 0.15) is 11.1 Å². The molecular weight excluding hydrogens is 364 g/mol. The molecule has 144 valence electrons. The van der Waals surface area contributed by atoms with Crippen molar-refractivity contribution in [3.63, 3.8) is 0 Å². The highest BCUT2D eigenvalue weighted by Gasteiger charge is 2.40. The maximum Gasteiger partial charge on any atom is 0.282 e. The summed E-state index contributed by atoms with van der Waals surface area (Å²) in [4.78, 5) is 27.8. The number of rotatable bonds is 5. The van der Waals surface area contributed by atoms with Crippen molar-refractivity contribution in [2.45, 2.75) is 6.92 Å². The Morgan fingerprint density at radius 2 is 1.45 bits per heavy atom. The largest absolute Gasteiger partial charge is 0.497 e. The third-order valence-corrected chi connectivity index (χ3v) is 4.80. The summed E-state index contributed by atoms with van der Waals surface area (Å²) in [5.74, 6) is -0.0624. The summed E-state index contributed by atoms with van der Waals surface area (Å²) in [6.45, 7) is 1.99. The van der Waals surface area contributed by atoms with E-state index in [-0.39, 0.29) is 17.5 Å². The minimum Gasteiger partial charge on any atom is -0.497 e. The van der Waals surface area contributed by atoms with Gasteiger partial charge < -0.3 is 10.1 Å². The molecule has 0 aromatic heterocycles. The lowest BCUT2D eigenvalue weighted by Gasteiger charge is -2.15. The number of imide groups is 1. The molecule has 1 aliphatic heterocycles. The first-order chi connectivity index (χ1) is 14.1. The van der Waals surface area contributed by atoms with Crippen LogP contribution in [0.2, 0.25) is 0 Å².